The molecule has 0 aromatic carbocycles. The summed E-state index contributed by atoms with van der Waals surface area (Å²) in [7, 11) is 0. The number of esters is 1. The van der Waals surface area contributed by atoms with Crippen LogP contribution >= 0.6 is 0 Å². The lowest BCUT2D eigenvalue weighted by Crippen LogP contribution is -2.53. The molecule has 0 bridgehead atoms. The minimum absolute atomic E-state index is 0.107. The lowest BCUT2D eigenvalue weighted by Gasteiger charge is -2.37. The third-order valence-electron chi connectivity index (χ3n) is 4.51. The Morgan fingerprint density at radius 3 is 1.76 bits per heavy atom. The lowest BCUT2D eigenvalue weighted by atomic mass is 10.2. The number of nitrogens with zero attached hydrogens (tertiary/aromatic N) is 4. The van der Waals surface area contributed by atoms with E-state index in [0.717, 1.165) is 39.3 Å². The molecule has 0 unspecified atom stereocenters. The highest BCUT2D eigenvalue weighted by atomic mass is 16.6. The summed E-state index contributed by atoms with van der Waals surface area (Å²) < 4.78 is 5.44. The third kappa shape index (κ3) is 3.56. The molecule has 6 heteroatoms. The van der Waals surface area contributed by atoms with Gasteiger partial charge in [-0.3, -0.25) is 24.4 Å². The minimum Gasteiger partial charge on any atom is -0.459 e. The lowest BCUT2D eigenvalue weighted by molar-refractivity contribution is -0.156. The molecule has 3 aliphatic heterocycles. The number of ether oxygens (including phenoxy) is 1. The molecular formula is C15H28N4O2. The first kappa shape index (κ1) is 15.2. The molecule has 0 aromatic rings. The summed E-state index contributed by atoms with van der Waals surface area (Å²) in [6, 6.07) is 0. The van der Waals surface area contributed by atoms with Gasteiger partial charge in [-0.25, -0.2) is 0 Å². The average Bonchev–Trinajstić information content (AvgIpc) is 2.89. The molecule has 0 radical (unpaired) electrons. The summed E-state index contributed by atoms with van der Waals surface area (Å²) in [4.78, 5) is 21.9. The van der Waals surface area contributed by atoms with Gasteiger partial charge in [0.2, 0.25) is 0 Å². The van der Waals surface area contributed by atoms with Crippen LogP contribution in [0.5, 0.6) is 0 Å². The monoisotopic (exact) mass is 296 g/mol. The fourth-order valence-electron chi connectivity index (χ4n) is 3.60. The summed E-state index contributed by atoms with van der Waals surface area (Å²) >= 11 is 0. The second kappa shape index (κ2) is 5.83. The molecule has 0 N–H and O–H groups in total. The Hall–Kier alpha value is -0.690. The Morgan fingerprint density at radius 1 is 0.905 bits per heavy atom. The molecule has 3 fully saturated rings. The van der Waals surface area contributed by atoms with E-state index in [9.17, 15) is 4.79 Å². The predicted molar refractivity (Wildman–Crippen MR) is 80.8 cm³/mol. The first-order chi connectivity index (χ1) is 9.92. The van der Waals surface area contributed by atoms with E-state index in [4.69, 9.17) is 4.74 Å². The molecule has 3 heterocycles. The van der Waals surface area contributed by atoms with Gasteiger partial charge in [0.25, 0.3) is 0 Å². The number of rotatable bonds is 2. The Bertz CT molecular complexity index is 376. The van der Waals surface area contributed by atoms with Gasteiger partial charge in [-0.1, -0.05) is 0 Å². The van der Waals surface area contributed by atoms with E-state index in [0.29, 0.717) is 12.8 Å². The molecule has 3 aliphatic rings. The van der Waals surface area contributed by atoms with Gasteiger partial charge in [-0.2, -0.15) is 0 Å². The minimum atomic E-state index is -0.394. The van der Waals surface area contributed by atoms with E-state index in [2.05, 4.69) is 19.6 Å². The summed E-state index contributed by atoms with van der Waals surface area (Å²) in [5.74, 6) is -0.107. The van der Waals surface area contributed by atoms with E-state index in [-0.39, 0.29) is 5.97 Å². The number of hydrogen-bond donors (Lipinski definition) is 0. The van der Waals surface area contributed by atoms with E-state index in [1.165, 1.54) is 13.1 Å². The van der Waals surface area contributed by atoms with Crippen LogP contribution in [0.15, 0.2) is 0 Å². The average molecular weight is 296 g/mol. The Morgan fingerprint density at radius 2 is 1.33 bits per heavy atom. The zero-order valence-electron chi connectivity index (χ0n) is 13.5. The fraction of sp³-hybridized carbons (Fsp3) is 0.933. The van der Waals surface area contributed by atoms with Crippen LogP contribution in [0, 0.1) is 0 Å². The molecule has 3 rings (SSSR count). The Labute approximate surface area is 127 Å². The summed E-state index contributed by atoms with van der Waals surface area (Å²) in [6.07, 6.45) is 0.522. The topological polar surface area (TPSA) is 39.3 Å². The third-order valence-corrected chi connectivity index (χ3v) is 4.51. The fourth-order valence-corrected chi connectivity index (χ4v) is 3.60. The van der Waals surface area contributed by atoms with Gasteiger partial charge >= 0.3 is 5.97 Å². The molecule has 0 aliphatic carbocycles. The maximum atomic E-state index is 12.0. The first-order valence-electron chi connectivity index (χ1n) is 8.09. The van der Waals surface area contributed by atoms with Crippen molar-refractivity contribution >= 4 is 5.97 Å². The van der Waals surface area contributed by atoms with Crippen LogP contribution in [0.2, 0.25) is 0 Å². The largest absolute Gasteiger partial charge is 0.459 e. The van der Waals surface area contributed by atoms with Crippen LogP contribution < -0.4 is 0 Å². The molecule has 6 nitrogen and oxygen atoms in total. The van der Waals surface area contributed by atoms with Crippen molar-refractivity contribution in [3.8, 4) is 0 Å². The van der Waals surface area contributed by atoms with Gasteiger partial charge < -0.3 is 4.74 Å². The van der Waals surface area contributed by atoms with Gasteiger partial charge in [0.15, 0.2) is 0 Å². The maximum absolute atomic E-state index is 12.0. The van der Waals surface area contributed by atoms with Crippen LogP contribution in [0.1, 0.15) is 20.8 Å². The quantitative estimate of drug-likeness (QED) is 0.661. The highest BCUT2D eigenvalue weighted by Crippen LogP contribution is 2.24. The molecule has 0 amide bonds. The smallest absolute Gasteiger partial charge is 0.320 e. The van der Waals surface area contributed by atoms with E-state index in [1.54, 1.807) is 0 Å². The van der Waals surface area contributed by atoms with Gasteiger partial charge in [0, 0.05) is 52.4 Å². The van der Waals surface area contributed by atoms with Crippen LogP contribution in [0.25, 0.3) is 0 Å². The highest BCUT2D eigenvalue weighted by Gasteiger charge is 2.41. The zero-order chi connectivity index (χ0) is 15.0. The van der Waals surface area contributed by atoms with Crippen LogP contribution in [0.4, 0.5) is 0 Å². The van der Waals surface area contributed by atoms with Crippen LogP contribution in [-0.4, -0.2) is 96.4 Å². The second-order valence-corrected chi connectivity index (χ2v) is 7.32. The van der Waals surface area contributed by atoms with Crippen molar-refractivity contribution in [1.29, 1.82) is 0 Å². The summed E-state index contributed by atoms with van der Waals surface area (Å²) in [5, 5.41) is 0. The normalized spacial score (nSPS) is 26.6. The number of hydrogen-bond acceptors (Lipinski definition) is 6. The molecule has 0 aromatic heterocycles. The van der Waals surface area contributed by atoms with Gasteiger partial charge in [0.05, 0.1) is 6.54 Å². The van der Waals surface area contributed by atoms with E-state index < -0.39 is 5.60 Å². The Balaban J connectivity index is 1.55. The van der Waals surface area contributed by atoms with Crippen molar-refractivity contribution in [2.75, 3.05) is 58.9 Å². The van der Waals surface area contributed by atoms with Crippen molar-refractivity contribution in [3.05, 3.63) is 0 Å². The van der Waals surface area contributed by atoms with Crippen molar-refractivity contribution in [3.63, 3.8) is 0 Å². The van der Waals surface area contributed by atoms with Crippen molar-refractivity contribution in [1.82, 2.24) is 19.6 Å². The summed E-state index contributed by atoms with van der Waals surface area (Å²) in [5.41, 5.74) is -0.394. The molecule has 3 saturated heterocycles. The van der Waals surface area contributed by atoms with Crippen molar-refractivity contribution in [2.24, 2.45) is 0 Å². The maximum Gasteiger partial charge on any atom is 0.320 e. The standard InChI is InChI=1S/C15H28N4O2/c1-15(2,3)21-13(20)12-16-4-6-17-8-10-19-11-9-18(7-5-16)14(17)19/h14H,4-12H2,1-3H3. The van der Waals surface area contributed by atoms with Gasteiger partial charge in [0.1, 0.15) is 11.9 Å². The number of carbonyl (C=O) groups is 1. The first-order valence-corrected chi connectivity index (χ1v) is 8.09. The second-order valence-electron chi connectivity index (χ2n) is 7.32. The molecule has 120 valence electrons. The highest BCUT2D eigenvalue weighted by molar-refractivity contribution is 5.72. The molecule has 0 saturated carbocycles. The van der Waals surface area contributed by atoms with Crippen molar-refractivity contribution < 1.29 is 9.53 Å². The predicted octanol–water partition coefficient (Wildman–Crippen LogP) is -0.139. The molecule has 21 heavy (non-hydrogen) atoms. The van der Waals surface area contributed by atoms with E-state index in [1.807, 2.05) is 20.8 Å². The zero-order valence-corrected chi connectivity index (χ0v) is 13.5. The molecular weight excluding hydrogens is 268 g/mol. The van der Waals surface area contributed by atoms with E-state index >= 15 is 0 Å². The number of carbonyl (C=O) groups excluding carboxylic acids is 1. The van der Waals surface area contributed by atoms with Gasteiger partial charge in [-0.05, 0) is 20.8 Å². The Kier molecular flexibility index (Phi) is 4.23. The van der Waals surface area contributed by atoms with Crippen LogP contribution in [0.3, 0.4) is 0 Å². The molecule has 0 atom stereocenters. The SMILES string of the molecule is CC(C)(C)OC(=O)CN1CCN2CCN3CCN(CC1)C23. The summed E-state index contributed by atoms with van der Waals surface area (Å²) in [6.45, 7) is 14.9. The molecule has 0 spiro atoms. The van der Waals surface area contributed by atoms with Crippen molar-refractivity contribution in [2.45, 2.75) is 32.7 Å². The van der Waals surface area contributed by atoms with Gasteiger partial charge in [-0.15, -0.1) is 0 Å². The van der Waals surface area contributed by atoms with Crippen LogP contribution in [-0.2, 0) is 9.53 Å².